The van der Waals surface area contributed by atoms with Crippen molar-refractivity contribution in [1.29, 1.82) is 0 Å². The van der Waals surface area contributed by atoms with Gasteiger partial charge in [-0.05, 0) is 61.5 Å². The summed E-state index contributed by atoms with van der Waals surface area (Å²) in [7, 11) is 1.54. The highest BCUT2D eigenvalue weighted by Gasteiger charge is 2.36. The van der Waals surface area contributed by atoms with Gasteiger partial charge in [-0.1, -0.05) is 25.1 Å². The number of ether oxygens (including phenoxy) is 3. The minimum atomic E-state index is -1.07. The third-order valence-corrected chi connectivity index (χ3v) is 7.35. The summed E-state index contributed by atoms with van der Waals surface area (Å²) in [5.74, 6) is 0.350. The Morgan fingerprint density at radius 2 is 1.82 bits per heavy atom. The van der Waals surface area contributed by atoms with Gasteiger partial charge in [0.15, 0.2) is 11.5 Å². The number of benzene rings is 2. The molecule has 2 N–H and O–H groups in total. The zero-order chi connectivity index (χ0) is 28.0. The van der Waals surface area contributed by atoms with E-state index < -0.39 is 17.5 Å². The second kappa shape index (κ2) is 12.2. The molecule has 0 bridgehead atoms. The lowest BCUT2D eigenvalue weighted by atomic mass is 9.98. The van der Waals surface area contributed by atoms with Gasteiger partial charge in [0.1, 0.15) is 25.0 Å². The Labute approximate surface area is 232 Å². The Morgan fingerprint density at radius 3 is 2.51 bits per heavy atom. The van der Waals surface area contributed by atoms with Crippen molar-refractivity contribution in [1.82, 2.24) is 10.6 Å². The average molecular weight is 552 g/mol. The maximum Gasteiger partial charge on any atom is 0.261 e. The van der Waals surface area contributed by atoms with Crippen LogP contribution < -0.4 is 29.7 Å². The van der Waals surface area contributed by atoms with E-state index >= 15 is 0 Å². The predicted octanol–water partition coefficient (Wildman–Crippen LogP) is 4.34. The Hall–Kier alpha value is -4.05. The summed E-state index contributed by atoms with van der Waals surface area (Å²) in [4.78, 5) is 42.4. The van der Waals surface area contributed by atoms with Crippen LogP contribution in [0, 0.1) is 0 Å². The van der Waals surface area contributed by atoms with Crippen molar-refractivity contribution in [2.45, 2.75) is 38.8 Å². The molecular weight excluding hydrogens is 518 g/mol. The molecular formula is C29H33N3O6S. The van der Waals surface area contributed by atoms with Crippen LogP contribution in [0.4, 0.5) is 5.69 Å². The third-order valence-electron chi connectivity index (χ3n) is 6.48. The number of thiophene rings is 1. The molecule has 0 fully saturated rings. The minimum Gasteiger partial charge on any atom is -0.497 e. The first-order chi connectivity index (χ1) is 18.7. The van der Waals surface area contributed by atoms with Crippen LogP contribution in [0.15, 0.2) is 60.0 Å². The van der Waals surface area contributed by atoms with Crippen LogP contribution in [0.3, 0.4) is 0 Å². The van der Waals surface area contributed by atoms with E-state index in [9.17, 15) is 14.4 Å². The molecule has 9 nitrogen and oxygen atoms in total. The first-order valence-corrected chi connectivity index (χ1v) is 13.6. The van der Waals surface area contributed by atoms with E-state index in [0.29, 0.717) is 53.0 Å². The number of carbonyl (C=O) groups excluding carboxylic acids is 3. The van der Waals surface area contributed by atoms with Crippen LogP contribution in [0.2, 0.25) is 0 Å². The number of nitrogens with zero attached hydrogens (tertiary/aromatic N) is 1. The van der Waals surface area contributed by atoms with Crippen LogP contribution in [0.1, 0.15) is 48.5 Å². The number of hydrogen-bond acceptors (Lipinski definition) is 7. The Balaban J connectivity index is 1.78. The fraction of sp³-hybridized carbons (Fsp3) is 0.345. The summed E-state index contributed by atoms with van der Waals surface area (Å²) in [6, 6.07) is 14.5. The molecule has 1 atom stereocenters. The molecule has 0 saturated carbocycles. The van der Waals surface area contributed by atoms with Crippen molar-refractivity contribution >= 4 is 34.7 Å². The SMILES string of the molecule is CCC(C)(C)NC(=O)C(c1cccc(OC)c1)N(C(=O)CNC(=O)c1cccs1)c1ccc2c(c1)OCCO2. The zero-order valence-corrected chi connectivity index (χ0v) is 23.3. The van der Waals surface area contributed by atoms with Crippen LogP contribution >= 0.6 is 11.3 Å². The summed E-state index contributed by atoms with van der Waals surface area (Å²) < 4.78 is 16.9. The monoisotopic (exact) mass is 551 g/mol. The largest absolute Gasteiger partial charge is 0.497 e. The highest BCUT2D eigenvalue weighted by Crippen LogP contribution is 2.37. The molecule has 39 heavy (non-hydrogen) atoms. The first kappa shape index (κ1) is 28.0. The number of rotatable bonds is 10. The number of carbonyl (C=O) groups is 3. The summed E-state index contributed by atoms with van der Waals surface area (Å²) in [6.45, 7) is 6.28. The number of hydrogen-bond donors (Lipinski definition) is 2. The van der Waals surface area contributed by atoms with Crippen LogP contribution in [0.5, 0.6) is 17.2 Å². The van der Waals surface area contributed by atoms with Crippen molar-refractivity contribution in [3.63, 3.8) is 0 Å². The molecule has 0 aliphatic carbocycles. The molecule has 3 aromatic rings. The van der Waals surface area contributed by atoms with Crippen molar-refractivity contribution in [2.75, 3.05) is 31.8 Å². The third kappa shape index (κ3) is 6.69. The number of anilines is 1. The van der Waals surface area contributed by atoms with E-state index in [1.54, 1.807) is 60.0 Å². The van der Waals surface area contributed by atoms with E-state index in [-0.39, 0.29) is 18.4 Å². The fourth-order valence-electron chi connectivity index (χ4n) is 4.07. The zero-order valence-electron chi connectivity index (χ0n) is 22.5. The van der Waals surface area contributed by atoms with E-state index in [1.165, 1.54) is 23.3 Å². The first-order valence-electron chi connectivity index (χ1n) is 12.7. The second-order valence-corrected chi connectivity index (χ2v) is 10.6. The summed E-state index contributed by atoms with van der Waals surface area (Å²) >= 11 is 1.28. The highest BCUT2D eigenvalue weighted by molar-refractivity contribution is 7.12. The van der Waals surface area contributed by atoms with Crippen LogP contribution in [-0.4, -0.2) is 50.1 Å². The molecule has 1 aliphatic heterocycles. The van der Waals surface area contributed by atoms with Crippen LogP contribution in [0.25, 0.3) is 0 Å². The summed E-state index contributed by atoms with van der Waals surface area (Å²) in [5.41, 5.74) is 0.446. The van der Waals surface area contributed by atoms with Gasteiger partial charge in [-0.2, -0.15) is 0 Å². The molecule has 0 radical (unpaired) electrons. The molecule has 206 valence electrons. The highest BCUT2D eigenvalue weighted by atomic mass is 32.1. The summed E-state index contributed by atoms with van der Waals surface area (Å²) in [6.07, 6.45) is 0.679. The Bertz CT molecular complexity index is 1320. The maximum atomic E-state index is 14.0. The lowest BCUT2D eigenvalue weighted by Gasteiger charge is -2.35. The molecule has 10 heteroatoms. The lowest BCUT2D eigenvalue weighted by Crippen LogP contribution is -2.52. The fourth-order valence-corrected chi connectivity index (χ4v) is 4.71. The molecule has 1 unspecified atom stereocenters. The van der Waals surface area contributed by atoms with Crippen molar-refractivity contribution in [2.24, 2.45) is 0 Å². The van der Waals surface area contributed by atoms with Gasteiger partial charge in [-0.15, -0.1) is 11.3 Å². The Kier molecular flexibility index (Phi) is 8.75. The van der Waals surface area contributed by atoms with E-state index in [4.69, 9.17) is 14.2 Å². The van der Waals surface area contributed by atoms with Gasteiger partial charge in [0.05, 0.1) is 18.5 Å². The van der Waals surface area contributed by atoms with Gasteiger partial charge in [-0.3, -0.25) is 19.3 Å². The standard InChI is InChI=1S/C29H33N3O6S/c1-5-29(2,3)31-28(35)26(19-8-6-9-21(16-19)36-4)32(20-11-12-22-23(17-20)38-14-13-37-22)25(33)18-30-27(34)24-10-7-15-39-24/h6-12,15-17,26H,5,13-14,18H2,1-4H3,(H,30,34)(H,31,35). The van der Waals surface area contributed by atoms with Crippen molar-refractivity contribution in [3.8, 4) is 17.2 Å². The molecule has 0 spiro atoms. The molecule has 1 aliphatic rings. The average Bonchev–Trinajstić information content (AvgIpc) is 3.49. The Morgan fingerprint density at radius 1 is 1.05 bits per heavy atom. The van der Waals surface area contributed by atoms with Gasteiger partial charge in [0.25, 0.3) is 5.91 Å². The smallest absolute Gasteiger partial charge is 0.261 e. The van der Waals surface area contributed by atoms with Crippen molar-refractivity contribution < 1.29 is 28.6 Å². The molecule has 2 heterocycles. The normalized spacial score (nSPS) is 13.2. The van der Waals surface area contributed by atoms with Gasteiger partial charge in [0, 0.05) is 17.3 Å². The number of fused-ring (bicyclic) bond motifs is 1. The number of amides is 3. The molecule has 1 aromatic heterocycles. The van der Waals surface area contributed by atoms with Gasteiger partial charge in [0.2, 0.25) is 11.8 Å². The molecule has 4 rings (SSSR count). The summed E-state index contributed by atoms with van der Waals surface area (Å²) in [5, 5.41) is 7.56. The van der Waals surface area contributed by atoms with E-state index in [2.05, 4.69) is 10.6 Å². The van der Waals surface area contributed by atoms with Gasteiger partial charge in [-0.25, -0.2) is 0 Å². The van der Waals surface area contributed by atoms with Crippen molar-refractivity contribution in [3.05, 3.63) is 70.4 Å². The lowest BCUT2D eigenvalue weighted by molar-refractivity contribution is -0.127. The number of nitrogens with one attached hydrogen (secondary N) is 2. The topological polar surface area (TPSA) is 106 Å². The molecule has 3 amide bonds. The van der Waals surface area contributed by atoms with E-state index in [0.717, 1.165) is 0 Å². The quantitative estimate of drug-likeness (QED) is 0.388. The second-order valence-electron chi connectivity index (χ2n) is 9.66. The molecule has 2 aromatic carbocycles. The predicted molar refractivity (Wildman–Crippen MR) is 150 cm³/mol. The minimum absolute atomic E-state index is 0.323. The maximum absolute atomic E-state index is 14.0. The van der Waals surface area contributed by atoms with Gasteiger partial charge >= 0.3 is 0 Å². The number of methoxy groups -OCH3 is 1. The molecule has 0 saturated heterocycles. The van der Waals surface area contributed by atoms with Gasteiger partial charge < -0.3 is 24.8 Å². The van der Waals surface area contributed by atoms with Crippen LogP contribution in [-0.2, 0) is 9.59 Å². The van der Waals surface area contributed by atoms with E-state index in [1.807, 2.05) is 20.8 Å².